The number of anilines is 1. The number of ether oxygens (including phenoxy) is 1. The summed E-state index contributed by atoms with van der Waals surface area (Å²) in [5.74, 6) is -1.07. The van der Waals surface area contributed by atoms with Crippen molar-refractivity contribution in [1.29, 1.82) is 0 Å². The molecule has 6 nitrogen and oxygen atoms in total. The Labute approximate surface area is 197 Å². The van der Waals surface area contributed by atoms with E-state index in [0.717, 1.165) is 12.3 Å². The molecule has 0 spiro atoms. The Morgan fingerprint density at radius 2 is 1.62 bits per heavy atom. The molecule has 0 saturated carbocycles. The summed E-state index contributed by atoms with van der Waals surface area (Å²) in [6.07, 6.45) is 1.09. The molecule has 1 aliphatic heterocycles. The lowest BCUT2D eigenvalue weighted by molar-refractivity contribution is 0.0747. The van der Waals surface area contributed by atoms with Crippen molar-refractivity contribution in [3.05, 3.63) is 77.9 Å². The Kier molecular flexibility index (Phi) is 6.56. The first kappa shape index (κ1) is 23.7. The van der Waals surface area contributed by atoms with Crippen molar-refractivity contribution >= 4 is 21.4 Å². The van der Waals surface area contributed by atoms with Crippen molar-refractivity contribution in [2.24, 2.45) is 0 Å². The molecule has 0 atom stereocenters. The van der Waals surface area contributed by atoms with Gasteiger partial charge in [-0.1, -0.05) is 24.3 Å². The summed E-state index contributed by atoms with van der Waals surface area (Å²) >= 11 is 0. The Morgan fingerprint density at radius 3 is 2.26 bits per heavy atom. The highest BCUT2D eigenvalue weighted by molar-refractivity contribution is 7.90. The topological polar surface area (TPSA) is 66.9 Å². The molecule has 1 aliphatic rings. The molecule has 178 valence electrons. The standard InChI is InChI=1S/C25H24F2N2O4S/c1-33-24-6-4-3-5-20(24)19-9-8-18(34(2,31)32)16-21(19)25(30)29-13-11-28(12-14-29)23-10-7-17(26)15-22(23)27/h3-10,15-16H,11-14H2,1-2H3. The lowest BCUT2D eigenvalue weighted by atomic mass is 9.97. The van der Waals surface area contributed by atoms with Gasteiger partial charge < -0.3 is 14.5 Å². The normalized spacial score (nSPS) is 14.2. The molecule has 0 bridgehead atoms. The van der Waals surface area contributed by atoms with Crippen LogP contribution in [0.5, 0.6) is 5.75 Å². The van der Waals surface area contributed by atoms with Crippen LogP contribution in [0, 0.1) is 11.6 Å². The van der Waals surface area contributed by atoms with Gasteiger partial charge in [-0.15, -0.1) is 0 Å². The number of piperazine rings is 1. The average molecular weight is 487 g/mol. The summed E-state index contributed by atoms with van der Waals surface area (Å²) in [5, 5.41) is 0. The number of nitrogens with zero attached hydrogens (tertiary/aromatic N) is 2. The van der Waals surface area contributed by atoms with Crippen molar-refractivity contribution in [2.45, 2.75) is 4.90 Å². The van der Waals surface area contributed by atoms with Gasteiger partial charge in [0.2, 0.25) is 0 Å². The van der Waals surface area contributed by atoms with E-state index in [9.17, 15) is 22.0 Å². The number of carbonyl (C=O) groups is 1. The number of para-hydroxylation sites is 1. The molecule has 0 aliphatic carbocycles. The van der Waals surface area contributed by atoms with Gasteiger partial charge in [0.25, 0.3) is 5.91 Å². The molecule has 1 saturated heterocycles. The van der Waals surface area contributed by atoms with Gasteiger partial charge in [0.1, 0.15) is 17.4 Å². The quantitative estimate of drug-likeness (QED) is 0.545. The zero-order valence-electron chi connectivity index (χ0n) is 18.8. The van der Waals surface area contributed by atoms with Crippen LogP contribution in [-0.4, -0.2) is 58.8 Å². The third-order valence-electron chi connectivity index (χ3n) is 5.86. The number of hydrogen-bond donors (Lipinski definition) is 0. The van der Waals surface area contributed by atoms with Crippen LogP contribution < -0.4 is 9.64 Å². The predicted molar refractivity (Wildman–Crippen MR) is 126 cm³/mol. The van der Waals surface area contributed by atoms with Crippen LogP contribution in [0.3, 0.4) is 0 Å². The van der Waals surface area contributed by atoms with Crippen LogP contribution in [-0.2, 0) is 9.84 Å². The van der Waals surface area contributed by atoms with Crippen molar-refractivity contribution < 1.29 is 26.7 Å². The van der Waals surface area contributed by atoms with E-state index in [1.807, 2.05) is 12.1 Å². The number of rotatable bonds is 5. The molecule has 34 heavy (non-hydrogen) atoms. The van der Waals surface area contributed by atoms with E-state index in [1.54, 1.807) is 28.0 Å². The monoisotopic (exact) mass is 486 g/mol. The summed E-state index contributed by atoms with van der Waals surface area (Å²) in [6.45, 7) is 1.29. The van der Waals surface area contributed by atoms with Crippen molar-refractivity contribution in [3.8, 4) is 16.9 Å². The fraction of sp³-hybridized carbons (Fsp3) is 0.240. The van der Waals surface area contributed by atoms with Gasteiger partial charge in [-0.2, -0.15) is 0 Å². The molecular weight excluding hydrogens is 462 g/mol. The number of benzene rings is 3. The maximum Gasteiger partial charge on any atom is 0.254 e. The Hall–Kier alpha value is -3.46. The van der Waals surface area contributed by atoms with Gasteiger partial charge in [0.05, 0.1) is 17.7 Å². The second-order valence-corrected chi connectivity index (χ2v) is 10.1. The summed E-state index contributed by atoms with van der Waals surface area (Å²) in [4.78, 5) is 17.0. The van der Waals surface area contributed by atoms with Crippen LogP contribution in [0.2, 0.25) is 0 Å². The fourth-order valence-electron chi connectivity index (χ4n) is 4.09. The van der Waals surface area contributed by atoms with Gasteiger partial charge >= 0.3 is 0 Å². The number of halogens is 2. The number of carbonyl (C=O) groups excluding carboxylic acids is 1. The largest absolute Gasteiger partial charge is 0.496 e. The lowest BCUT2D eigenvalue weighted by Crippen LogP contribution is -2.49. The molecule has 0 aromatic heterocycles. The molecule has 0 N–H and O–H groups in total. The predicted octanol–water partition coefficient (Wildman–Crippen LogP) is 4.01. The van der Waals surface area contributed by atoms with Crippen LogP contribution in [0.1, 0.15) is 10.4 Å². The molecule has 1 amide bonds. The van der Waals surface area contributed by atoms with E-state index in [1.165, 1.54) is 31.4 Å². The van der Waals surface area contributed by atoms with Crippen LogP contribution in [0.25, 0.3) is 11.1 Å². The van der Waals surface area contributed by atoms with E-state index in [4.69, 9.17) is 4.74 Å². The van der Waals surface area contributed by atoms with E-state index in [-0.39, 0.29) is 22.1 Å². The minimum Gasteiger partial charge on any atom is -0.496 e. The summed E-state index contributed by atoms with van der Waals surface area (Å²) < 4.78 is 57.3. The van der Waals surface area contributed by atoms with Crippen LogP contribution in [0.4, 0.5) is 14.5 Å². The molecule has 0 unspecified atom stereocenters. The zero-order valence-corrected chi connectivity index (χ0v) is 19.6. The Bertz CT molecular complexity index is 1340. The third-order valence-corrected chi connectivity index (χ3v) is 6.97. The SMILES string of the molecule is COc1ccccc1-c1ccc(S(C)(=O)=O)cc1C(=O)N1CCN(c2ccc(F)cc2F)CC1. The van der Waals surface area contributed by atoms with E-state index in [0.29, 0.717) is 43.1 Å². The minimum atomic E-state index is -3.54. The molecule has 1 heterocycles. The summed E-state index contributed by atoms with van der Waals surface area (Å²) in [5.41, 5.74) is 1.75. The van der Waals surface area contributed by atoms with Crippen LogP contribution >= 0.6 is 0 Å². The molecule has 9 heteroatoms. The smallest absolute Gasteiger partial charge is 0.254 e. The highest BCUT2D eigenvalue weighted by atomic mass is 32.2. The molecule has 3 aromatic carbocycles. The summed E-state index contributed by atoms with van der Waals surface area (Å²) in [6, 6.07) is 15.1. The first-order valence-electron chi connectivity index (χ1n) is 10.7. The fourth-order valence-corrected chi connectivity index (χ4v) is 4.74. The van der Waals surface area contributed by atoms with Gasteiger partial charge in [-0.05, 0) is 35.9 Å². The number of amides is 1. The van der Waals surface area contributed by atoms with Crippen molar-refractivity contribution in [1.82, 2.24) is 4.90 Å². The van der Waals surface area contributed by atoms with E-state index < -0.39 is 21.5 Å². The van der Waals surface area contributed by atoms with Gasteiger partial charge in [-0.3, -0.25) is 4.79 Å². The van der Waals surface area contributed by atoms with Gasteiger partial charge in [0, 0.05) is 49.6 Å². The molecule has 4 rings (SSSR count). The van der Waals surface area contributed by atoms with Crippen molar-refractivity contribution in [2.75, 3.05) is 44.4 Å². The molecule has 1 fully saturated rings. The maximum absolute atomic E-state index is 14.2. The third kappa shape index (κ3) is 4.75. The van der Waals surface area contributed by atoms with Gasteiger partial charge in [-0.25, -0.2) is 17.2 Å². The highest BCUT2D eigenvalue weighted by Gasteiger charge is 2.27. The molecule has 0 radical (unpaired) electrons. The lowest BCUT2D eigenvalue weighted by Gasteiger charge is -2.36. The first-order valence-corrected chi connectivity index (χ1v) is 12.5. The highest BCUT2D eigenvalue weighted by Crippen LogP contribution is 2.34. The molecule has 3 aromatic rings. The van der Waals surface area contributed by atoms with Crippen molar-refractivity contribution in [3.63, 3.8) is 0 Å². The maximum atomic E-state index is 14.2. The number of sulfone groups is 1. The second kappa shape index (κ2) is 9.42. The summed E-state index contributed by atoms with van der Waals surface area (Å²) in [7, 11) is -2.01. The zero-order chi connectivity index (χ0) is 24.5. The van der Waals surface area contributed by atoms with Crippen LogP contribution in [0.15, 0.2) is 65.6 Å². The minimum absolute atomic E-state index is 0.0431. The number of methoxy groups -OCH3 is 1. The average Bonchev–Trinajstić information content (AvgIpc) is 2.83. The van der Waals surface area contributed by atoms with Gasteiger partial charge in [0.15, 0.2) is 9.84 Å². The molecular formula is C25H24F2N2O4S. The van der Waals surface area contributed by atoms with E-state index in [2.05, 4.69) is 0 Å². The first-order chi connectivity index (χ1) is 16.2. The Balaban J connectivity index is 1.66. The Morgan fingerprint density at radius 1 is 0.912 bits per heavy atom. The van der Waals surface area contributed by atoms with E-state index >= 15 is 0 Å². The number of hydrogen-bond acceptors (Lipinski definition) is 5. The second-order valence-electron chi connectivity index (χ2n) is 8.05.